The molecule has 23 heavy (non-hydrogen) atoms. The quantitative estimate of drug-likeness (QED) is 0.487. The third-order valence-electron chi connectivity index (χ3n) is 4.60. The van der Waals surface area contributed by atoms with Gasteiger partial charge in [0.05, 0.1) is 12.8 Å². The molecular weight excluding hydrogens is 312 g/mol. The topological polar surface area (TPSA) is 52.6 Å². The van der Waals surface area contributed by atoms with Crippen LogP contribution in [-0.2, 0) is 19.1 Å². The number of esters is 2. The molecule has 0 heterocycles. The van der Waals surface area contributed by atoms with Crippen molar-refractivity contribution >= 4 is 23.7 Å². The van der Waals surface area contributed by atoms with E-state index in [4.69, 9.17) is 9.47 Å². The van der Waals surface area contributed by atoms with Crippen LogP contribution in [0, 0.1) is 0 Å². The lowest BCUT2D eigenvalue weighted by atomic mass is 9.98. The molecule has 0 aromatic heterocycles. The van der Waals surface area contributed by atoms with Gasteiger partial charge >= 0.3 is 11.9 Å². The predicted molar refractivity (Wildman–Crippen MR) is 92.5 cm³/mol. The number of hydrogen-bond donors (Lipinski definition) is 0. The van der Waals surface area contributed by atoms with Gasteiger partial charge in [0.25, 0.3) is 0 Å². The molecule has 2 aliphatic carbocycles. The molecule has 0 aromatic carbocycles. The van der Waals surface area contributed by atoms with Gasteiger partial charge in [-0.05, 0) is 51.4 Å². The lowest BCUT2D eigenvalue weighted by Crippen LogP contribution is -2.21. The summed E-state index contributed by atoms with van der Waals surface area (Å²) >= 11 is 1.63. The lowest BCUT2D eigenvalue weighted by molar-refractivity contribution is -0.150. The normalized spacial score (nSPS) is 20.2. The summed E-state index contributed by atoms with van der Waals surface area (Å²) in [6.45, 7) is 0. The summed E-state index contributed by atoms with van der Waals surface area (Å²) in [6.07, 6.45) is 12.5. The van der Waals surface area contributed by atoms with Gasteiger partial charge < -0.3 is 9.47 Å². The van der Waals surface area contributed by atoms with E-state index in [1.807, 2.05) is 0 Å². The van der Waals surface area contributed by atoms with Gasteiger partial charge in [0.2, 0.25) is 0 Å². The number of ether oxygens (including phenoxy) is 2. The maximum Gasteiger partial charge on any atom is 0.306 e. The third kappa shape index (κ3) is 8.09. The summed E-state index contributed by atoms with van der Waals surface area (Å²) in [5.41, 5.74) is 0. The highest BCUT2D eigenvalue weighted by molar-refractivity contribution is 7.99. The van der Waals surface area contributed by atoms with Crippen molar-refractivity contribution in [2.24, 2.45) is 0 Å². The van der Waals surface area contributed by atoms with Crippen molar-refractivity contribution in [3.8, 4) is 0 Å². The molecule has 0 bridgehead atoms. The van der Waals surface area contributed by atoms with Crippen molar-refractivity contribution in [2.75, 3.05) is 11.5 Å². The van der Waals surface area contributed by atoms with Gasteiger partial charge in [0.15, 0.2) is 0 Å². The molecule has 5 heteroatoms. The monoisotopic (exact) mass is 342 g/mol. The Kier molecular flexibility index (Phi) is 8.87. The van der Waals surface area contributed by atoms with Crippen molar-refractivity contribution in [1.29, 1.82) is 0 Å². The Labute approximate surface area is 144 Å². The molecule has 0 aliphatic heterocycles. The van der Waals surface area contributed by atoms with Crippen molar-refractivity contribution in [2.45, 2.75) is 89.3 Å². The standard InChI is InChI=1S/C18H30O4S/c19-17(21-15-7-3-1-4-8-15)11-13-23-14-12-18(20)22-16-9-5-2-6-10-16/h15-16H,1-14H2. The lowest BCUT2D eigenvalue weighted by Gasteiger charge is -2.22. The Balaban J connectivity index is 1.45. The minimum Gasteiger partial charge on any atom is -0.462 e. The molecule has 0 atom stereocenters. The van der Waals surface area contributed by atoms with Gasteiger partial charge in [-0.1, -0.05) is 12.8 Å². The third-order valence-corrected chi connectivity index (χ3v) is 5.59. The van der Waals surface area contributed by atoms with Crippen LogP contribution in [0.3, 0.4) is 0 Å². The van der Waals surface area contributed by atoms with E-state index in [0.29, 0.717) is 12.8 Å². The maximum atomic E-state index is 11.7. The zero-order chi connectivity index (χ0) is 16.3. The first kappa shape index (κ1) is 18.6. The fourth-order valence-electron chi connectivity index (χ4n) is 3.27. The van der Waals surface area contributed by atoms with E-state index in [0.717, 1.165) is 37.2 Å². The minimum absolute atomic E-state index is 0.0887. The van der Waals surface area contributed by atoms with Crippen LogP contribution in [0.2, 0.25) is 0 Å². The largest absolute Gasteiger partial charge is 0.462 e. The molecule has 4 nitrogen and oxygen atoms in total. The van der Waals surface area contributed by atoms with Gasteiger partial charge in [-0.15, -0.1) is 0 Å². The van der Waals surface area contributed by atoms with E-state index in [2.05, 4.69) is 0 Å². The van der Waals surface area contributed by atoms with Crippen LogP contribution in [0.1, 0.15) is 77.0 Å². The van der Waals surface area contributed by atoms with Crippen LogP contribution in [0.15, 0.2) is 0 Å². The molecular formula is C18H30O4S. The molecule has 0 saturated heterocycles. The van der Waals surface area contributed by atoms with Crippen LogP contribution in [-0.4, -0.2) is 35.7 Å². The summed E-state index contributed by atoms with van der Waals surface area (Å²) in [4.78, 5) is 23.5. The van der Waals surface area contributed by atoms with Crippen LogP contribution in [0.25, 0.3) is 0 Å². The van der Waals surface area contributed by atoms with Crippen molar-refractivity contribution in [3.63, 3.8) is 0 Å². The van der Waals surface area contributed by atoms with Crippen LogP contribution in [0.4, 0.5) is 0 Å². The summed E-state index contributed by atoms with van der Waals surface area (Å²) < 4.78 is 11.0. The molecule has 0 amide bonds. The van der Waals surface area contributed by atoms with Crippen LogP contribution >= 0.6 is 11.8 Å². The maximum absolute atomic E-state index is 11.7. The molecule has 2 fully saturated rings. The second-order valence-corrected chi connectivity index (χ2v) is 7.84. The van der Waals surface area contributed by atoms with E-state index in [1.54, 1.807) is 11.8 Å². The Hall–Kier alpha value is -0.710. The number of rotatable bonds is 8. The highest BCUT2D eigenvalue weighted by atomic mass is 32.2. The average Bonchev–Trinajstić information content (AvgIpc) is 2.56. The van der Waals surface area contributed by atoms with Gasteiger partial charge in [-0.25, -0.2) is 0 Å². The smallest absolute Gasteiger partial charge is 0.306 e. The summed E-state index contributed by atoms with van der Waals surface area (Å²) in [7, 11) is 0. The highest BCUT2D eigenvalue weighted by Gasteiger charge is 2.18. The molecule has 0 spiro atoms. The molecule has 0 radical (unpaired) electrons. The minimum atomic E-state index is -0.0887. The van der Waals surface area contributed by atoms with Crippen LogP contribution < -0.4 is 0 Å². The van der Waals surface area contributed by atoms with E-state index >= 15 is 0 Å². The van der Waals surface area contributed by atoms with Crippen LogP contribution in [0.5, 0.6) is 0 Å². The molecule has 0 aromatic rings. The number of carbonyl (C=O) groups is 2. The Bertz CT molecular complexity index is 326. The Morgan fingerprint density at radius 2 is 1.09 bits per heavy atom. The fraction of sp³-hybridized carbons (Fsp3) is 0.889. The van der Waals surface area contributed by atoms with E-state index in [-0.39, 0.29) is 24.1 Å². The molecule has 2 aliphatic rings. The van der Waals surface area contributed by atoms with Gasteiger partial charge in [-0.2, -0.15) is 11.8 Å². The predicted octanol–water partition coefficient (Wildman–Crippen LogP) is 4.25. The molecule has 0 N–H and O–H groups in total. The van der Waals surface area contributed by atoms with E-state index < -0.39 is 0 Å². The van der Waals surface area contributed by atoms with Gasteiger partial charge in [-0.3, -0.25) is 9.59 Å². The molecule has 0 unspecified atom stereocenters. The zero-order valence-electron chi connectivity index (χ0n) is 14.1. The first-order valence-corrected chi connectivity index (χ1v) is 10.4. The first-order valence-electron chi connectivity index (χ1n) is 9.21. The summed E-state index contributed by atoms with van der Waals surface area (Å²) in [6, 6.07) is 0. The second-order valence-electron chi connectivity index (χ2n) is 6.61. The number of hydrogen-bond acceptors (Lipinski definition) is 5. The Morgan fingerprint density at radius 3 is 1.48 bits per heavy atom. The number of thioether (sulfide) groups is 1. The van der Waals surface area contributed by atoms with Gasteiger partial charge in [0, 0.05) is 11.5 Å². The molecule has 2 saturated carbocycles. The van der Waals surface area contributed by atoms with Crippen molar-refractivity contribution in [3.05, 3.63) is 0 Å². The summed E-state index contributed by atoms with van der Waals surface area (Å²) in [5.74, 6) is 1.27. The van der Waals surface area contributed by atoms with E-state index in [1.165, 1.54) is 38.5 Å². The Morgan fingerprint density at radius 1 is 0.696 bits per heavy atom. The second kappa shape index (κ2) is 11.0. The fourth-order valence-corrected chi connectivity index (χ4v) is 4.09. The number of carbonyl (C=O) groups excluding carboxylic acids is 2. The van der Waals surface area contributed by atoms with Crippen molar-refractivity contribution < 1.29 is 19.1 Å². The van der Waals surface area contributed by atoms with E-state index in [9.17, 15) is 9.59 Å². The molecule has 132 valence electrons. The average molecular weight is 343 g/mol. The SMILES string of the molecule is O=C(CCSCCC(=O)OC1CCCCC1)OC1CCCCC1. The molecule has 2 rings (SSSR count). The van der Waals surface area contributed by atoms with Gasteiger partial charge in [0.1, 0.15) is 12.2 Å². The summed E-state index contributed by atoms with van der Waals surface area (Å²) in [5, 5.41) is 0. The van der Waals surface area contributed by atoms with Crippen molar-refractivity contribution in [1.82, 2.24) is 0 Å². The highest BCUT2D eigenvalue weighted by Crippen LogP contribution is 2.22. The first-order chi connectivity index (χ1) is 11.2. The zero-order valence-corrected chi connectivity index (χ0v) is 14.9.